The Morgan fingerprint density at radius 2 is 2.20 bits per heavy atom. The molecule has 15 heavy (non-hydrogen) atoms. The van der Waals surface area contributed by atoms with Crippen LogP contribution < -0.4 is 11.3 Å². The van der Waals surface area contributed by atoms with Crippen molar-refractivity contribution < 1.29 is 4.79 Å². The lowest BCUT2D eigenvalue weighted by atomic mass is 10.2. The quantitative estimate of drug-likeness (QED) is 0.411. The van der Waals surface area contributed by atoms with Gasteiger partial charge in [-0.2, -0.15) is 0 Å². The van der Waals surface area contributed by atoms with Crippen LogP contribution in [0.25, 0.3) is 0 Å². The molecule has 0 radical (unpaired) electrons. The zero-order valence-corrected chi connectivity index (χ0v) is 8.97. The number of likely N-dealkylation sites (N-methyl/N-ethyl adjacent to an activating group) is 1. The predicted molar refractivity (Wildman–Crippen MR) is 57.5 cm³/mol. The average molecular weight is 208 g/mol. The van der Waals surface area contributed by atoms with Crippen molar-refractivity contribution in [1.82, 2.24) is 15.3 Å². The van der Waals surface area contributed by atoms with E-state index < -0.39 is 0 Å². The van der Waals surface area contributed by atoms with Crippen LogP contribution in [0.2, 0.25) is 0 Å². The third-order valence-electron chi connectivity index (χ3n) is 2.36. The Bertz CT molecular complexity index is 314. The normalized spacial score (nSPS) is 12.5. The zero-order chi connectivity index (χ0) is 11.3. The Labute approximate surface area is 89.3 Å². The van der Waals surface area contributed by atoms with Crippen LogP contribution in [0.1, 0.15) is 12.5 Å². The molecule has 5 heteroatoms. The molecule has 0 aliphatic carbocycles. The van der Waals surface area contributed by atoms with Crippen LogP contribution in [-0.2, 0) is 11.3 Å². The molecule has 1 heterocycles. The third-order valence-corrected chi connectivity index (χ3v) is 2.36. The van der Waals surface area contributed by atoms with Gasteiger partial charge in [-0.15, -0.1) is 0 Å². The van der Waals surface area contributed by atoms with Gasteiger partial charge in [0.15, 0.2) is 0 Å². The molecule has 1 amide bonds. The minimum absolute atomic E-state index is 0.188. The van der Waals surface area contributed by atoms with Gasteiger partial charge in [-0.25, -0.2) is 5.84 Å². The second-order valence-corrected chi connectivity index (χ2v) is 3.46. The van der Waals surface area contributed by atoms with Crippen molar-refractivity contribution in [3.8, 4) is 0 Å². The van der Waals surface area contributed by atoms with Crippen molar-refractivity contribution >= 4 is 5.91 Å². The van der Waals surface area contributed by atoms with Crippen molar-refractivity contribution in [1.29, 1.82) is 0 Å². The largest absolute Gasteiger partial charge is 0.293 e. The Kier molecular flexibility index (Phi) is 4.20. The standard InChI is InChI=1S/C10H16N4O/c1-8(10(15)13-11)14(2)7-9-3-5-12-6-4-9/h3-6,8H,7,11H2,1-2H3,(H,13,15). The summed E-state index contributed by atoms with van der Waals surface area (Å²) >= 11 is 0. The van der Waals surface area contributed by atoms with Crippen LogP contribution >= 0.6 is 0 Å². The summed E-state index contributed by atoms with van der Waals surface area (Å²) in [6.07, 6.45) is 3.47. The predicted octanol–water partition coefficient (Wildman–Crippen LogP) is -0.108. The minimum atomic E-state index is -0.247. The monoisotopic (exact) mass is 208 g/mol. The summed E-state index contributed by atoms with van der Waals surface area (Å²) in [7, 11) is 1.88. The lowest BCUT2D eigenvalue weighted by Crippen LogP contribution is -2.45. The Morgan fingerprint density at radius 3 is 2.73 bits per heavy atom. The molecule has 1 rings (SSSR count). The van der Waals surface area contributed by atoms with E-state index in [0.29, 0.717) is 6.54 Å². The molecule has 82 valence electrons. The molecule has 0 saturated carbocycles. The summed E-state index contributed by atoms with van der Waals surface area (Å²) < 4.78 is 0. The van der Waals surface area contributed by atoms with Gasteiger partial charge in [0, 0.05) is 18.9 Å². The number of aromatic nitrogens is 1. The van der Waals surface area contributed by atoms with E-state index in [0.717, 1.165) is 5.56 Å². The molecule has 0 bridgehead atoms. The minimum Gasteiger partial charge on any atom is -0.293 e. The van der Waals surface area contributed by atoms with Crippen molar-refractivity contribution in [2.45, 2.75) is 19.5 Å². The maximum absolute atomic E-state index is 11.3. The molecular formula is C10H16N4O. The number of hydrogen-bond donors (Lipinski definition) is 2. The fourth-order valence-electron chi connectivity index (χ4n) is 1.23. The van der Waals surface area contributed by atoms with E-state index >= 15 is 0 Å². The van der Waals surface area contributed by atoms with Gasteiger partial charge in [0.25, 0.3) is 5.91 Å². The summed E-state index contributed by atoms with van der Waals surface area (Å²) in [6.45, 7) is 2.50. The van der Waals surface area contributed by atoms with E-state index in [1.807, 2.05) is 31.0 Å². The number of amides is 1. The summed E-state index contributed by atoms with van der Waals surface area (Å²) in [4.78, 5) is 17.1. The number of carbonyl (C=O) groups is 1. The highest BCUT2D eigenvalue weighted by Crippen LogP contribution is 2.04. The SMILES string of the molecule is CC(C(=O)NN)N(C)Cc1ccncc1. The molecule has 0 saturated heterocycles. The molecule has 0 aliphatic heterocycles. The molecule has 3 N–H and O–H groups in total. The van der Waals surface area contributed by atoms with Gasteiger partial charge in [-0.05, 0) is 31.7 Å². The lowest BCUT2D eigenvalue weighted by molar-refractivity contribution is -0.125. The number of rotatable bonds is 4. The topological polar surface area (TPSA) is 71.2 Å². The molecule has 0 aromatic carbocycles. The molecule has 1 unspecified atom stereocenters. The number of carbonyl (C=O) groups excluding carboxylic acids is 1. The number of hydrazine groups is 1. The van der Waals surface area contributed by atoms with Crippen LogP contribution in [0.3, 0.4) is 0 Å². The van der Waals surface area contributed by atoms with E-state index in [2.05, 4.69) is 10.4 Å². The van der Waals surface area contributed by atoms with Crippen molar-refractivity contribution in [2.75, 3.05) is 7.05 Å². The fraction of sp³-hybridized carbons (Fsp3) is 0.400. The first kappa shape index (κ1) is 11.6. The molecule has 0 spiro atoms. The van der Waals surface area contributed by atoms with Gasteiger partial charge >= 0.3 is 0 Å². The number of nitrogens with one attached hydrogen (secondary N) is 1. The van der Waals surface area contributed by atoms with Crippen molar-refractivity contribution in [3.05, 3.63) is 30.1 Å². The van der Waals surface area contributed by atoms with Gasteiger partial charge in [-0.1, -0.05) is 0 Å². The van der Waals surface area contributed by atoms with Crippen LogP contribution in [0.5, 0.6) is 0 Å². The first-order valence-corrected chi connectivity index (χ1v) is 4.74. The van der Waals surface area contributed by atoms with Gasteiger partial charge in [-0.3, -0.25) is 20.1 Å². The Balaban J connectivity index is 2.56. The maximum Gasteiger partial charge on any atom is 0.250 e. The fourth-order valence-corrected chi connectivity index (χ4v) is 1.23. The van der Waals surface area contributed by atoms with E-state index in [9.17, 15) is 4.79 Å². The van der Waals surface area contributed by atoms with Gasteiger partial charge < -0.3 is 0 Å². The van der Waals surface area contributed by atoms with Crippen molar-refractivity contribution in [2.24, 2.45) is 5.84 Å². The third kappa shape index (κ3) is 3.30. The lowest BCUT2D eigenvalue weighted by Gasteiger charge is -2.22. The van der Waals surface area contributed by atoms with E-state index in [1.165, 1.54) is 0 Å². The highest BCUT2D eigenvalue weighted by Gasteiger charge is 2.16. The second-order valence-electron chi connectivity index (χ2n) is 3.46. The Hall–Kier alpha value is -1.46. The molecule has 0 aliphatic rings. The summed E-state index contributed by atoms with van der Waals surface area (Å²) in [5.41, 5.74) is 3.25. The molecule has 0 fully saturated rings. The van der Waals surface area contributed by atoms with Crippen LogP contribution in [0, 0.1) is 0 Å². The summed E-state index contributed by atoms with van der Waals surface area (Å²) in [5.74, 6) is 4.88. The number of nitrogens with two attached hydrogens (primary N) is 1. The molecular weight excluding hydrogens is 192 g/mol. The van der Waals surface area contributed by atoms with Crippen LogP contribution in [0.15, 0.2) is 24.5 Å². The van der Waals surface area contributed by atoms with E-state index in [1.54, 1.807) is 12.4 Å². The van der Waals surface area contributed by atoms with Crippen molar-refractivity contribution in [3.63, 3.8) is 0 Å². The molecule has 5 nitrogen and oxygen atoms in total. The van der Waals surface area contributed by atoms with Gasteiger partial charge in [0.2, 0.25) is 0 Å². The van der Waals surface area contributed by atoms with Gasteiger partial charge in [0.05, 0.1) is 6.04 Å². The van der Waals surface area contributed by atoms with E-state index in [-0.39, 0.29) is 11.9 Å². The van der Waals surface area contributed by atoms with Gasteiger partial charge in [0.1, 0.15) is 0 Å². The first-order valence-electron chi connectivity index (χ1n) is 4.74. The second kappa shape index (κ2) is 5.43. The van der Waals surface area contributed by atoms with E-state index in [4.69, 9.17) is 5.84 Å². The van der Waals surface area contributed by atoms with Crippen LogP contribution in [0.4, 0.5) is 0 Å². The summed E-state index contributed by atoms with van der Waals surface area (Å²) in [6, 6.07) is 3.59. The number of pyridine rings is 1. The van der Waals surface area contributed by atoms with Crippen LogP contribution in [-0.4, -0.2) is 28.9 Å². The summed E-state index contributed by atoms with van der Waals surface area (Å²) in [5, 5.41) is 0. The number of hydrogen-bond acceptors (Lipinski definition) is 4. The Morgan fingerprint density at radius 1 is 1.60 bits per heavy atom. The molecule has 1 aromatic rings. The smallest absolute Gasteiger partial charge is 0.250 e. The maximum atomic E-state index is 11.3. The first-order chi connectivity index (χ1) is 7.15. The molecule has 1 aromatic heterocycles. The highest BCUT2D eigenvalue weighted by molar-refractivity contribution is 5.80. The number of nitrogens with zero attached hydrogens (tertiary/aromatic N) is 2. The zero-order valence-electron chi connectivity index (χ0n) is 8.97. The average Bonchev–Trinajstić information content (AvgIpc) is 2.28. The molecule has 1 atom stereocenters. The highest BCUT2D eigenvalue weighted by atomic mass is 16.2.